The Morgan fingerprint density at radius 1 is 1.53 bits per heavy atom. The second-order valence-corrected chi connectivity index (χ2v) is 4.95. The molecule has 0 aliphatic carbocycles. The van der Waals surface area contributed by atoms with E-state index in [1.54, 1.807) is 17.9 Å². The molecule has 0 atom stereocenters. The molecule has 19 heavy (non-hydrogen) atoms. The van der Waals surface area contributed by atoms with Gasteiger partial charge in [-0.2, -0.15) is 5.10 Å². The minimum Gasteiger partial charge on any atom is -0.319 e. The topological polar surface area (TPSA) is 46.9 Å². The number of halogens is 2. The predicted octanol–water partition coefficient (Wildman–Crippen LogP) is 3.14. The number of nitrogens with one attached hydrogen (secondary N) is 1. The molecule has 0 saturated heterocycles. The van der Waals surface area contributed by atoms with E-state index in [0.29, 0.717) is 15.7 Å². The third-order valence-electron chi connectivity index (χ3n) is 2.66. The Balaban J connectivity index is 2.25. The van der Waals surface area contributed by atoms with E-state index in [2.05, 4.69) is 26.3 Å². The van der Waals surface area contributed by atoms with Gasteiger partial charge in [0.05, 0.1) is 16.9 Å². The summed E-state index contributed by atoms with van der Waals surface area (Å²) in [6.07, 6.45) is 2.47. The number of aromatic nitrogens is 2. The SMILES string of the molecule is CCc1nn(C)cc1NC(=O)c1ccc(F)cc1Br. The van der Waals surface area contributed by atoms with E-state index in [1.807, 2.05) is 6.92 Å². The average molecular weight is 326 g/mol. The van der Waals surface area contributed by atoms with Crippen LogP contribution in [-0.2, 0) is 13.5 Å². The number of anilines is 1. The lowest BCUT2D eigenvalue weighted by Gasteiger charge is -2.06. The number of carbonyl (C=O) groups excluding carboxylic acids is 1. The molecule has 2 rings (SSSR count). The first-order valence-electron chi connectivity index (χ1n) is 5.80. The quantitative estimate of drug-likeness (QED) is 0.942. The molecule has 0 bridgehead atoms. The van der Waals surface area contributed by atoms with Crippen LogP contribution in [0, 0.1) is 5.82 Å². The Kier molecular flexibility index (Phi) is 3.99. The maximum Gasteiger partial charge on any atom is 0.256 e. The molecule has 0 aliphatic rings. The van der Waals surface area contributed by atoms with Crippen molar-refractivity contribution in [3.63, 3.8) is 0 Å². The largest absolute Gasteiger partial charge is 0.319 e. The maximum atomic E-state index is 13.0. The zero-order valence-corrected chi connectivity index (χ0v) is 12.2. The van der Waals surface area contributed by atoms with Gasteiger partial charge in [0.15, 0.2) is 0 Å². The fourth-order valence-electron chi connectivity index (χ4n) is 1.76. The van der Waals surface area contributed by atoms with Crippen molar-refractivity contribution in [3.8, 4) is 0 Å². The summed E-state index contributed by atoms with van der Waals surface area (Å²) in [6, 6.07) is 3.96. The molecule has 0 radical (unpaired) electrons. The van der Waals surface area contributed by atoms with Crippen LogP contribution in [0.1, 0.15) is 23.0 Å². The lowest BCUT2D eigenvalue weighted by atomic mass is 10.2. The van der Waals surface area contributed by atoms with Gasteiger partial charge in [0, 0.05) is 17.7 Å². The van der Waals surface area contributed by atoms with Crippen molar-refractivity contribution in [2.45, 2.75) is 13.3 Å². The van der Waals surface area contributed by atoms with Crippen LogP contribution in [0.4, 0.5) is 10.1 Å². The van der Waals surface area contributed by atoms with Gasteiger partial charge in [0.2, 0.25) is 0 Å². The maximum absolute atomic E-state index is 13.0. The molecule has 0 saturated carbocycles. The number of amides is 1. The molecule has 6 heteroatoms. The normalized spacial score (nSPS) is 10.5. The molecule has 1 aromatic carbocycles. The highest BCUT2D eigenvalue weighted by Gasteiger charge is 2.14. The number of hydrogen-bond donors (Lipinski definition) is 1. The standard InChI is InChI=1S/C13H13BrFN3O/c1-3-11-12(7-18(2)17-11)16-13(19)9-5-4-8(15)6-10(9)14/h4-7H,3H2,1-2H3,(H,16,19). The Hall–Kier alpha value is -1.69. The summed E-state index contributed by atoms with van der Waals surface area (Å²) in [6.45, 7) is 1.96. The van der Waals surface area contributed by atoms with E-state index in [0.717, 1.165) is 12.1 Å². The van der Waals surface area contributed by atoms with Crippen molar-refractivity contribution in [1.82, 2.24) is 9.78 Å². The summed E-state index contributed by atoms with van der Waals surface area (Å²) in [5, 5.41) is 7.03. The van der Waals surface area contributed by atoms with Gasteiger partial charge < -0.3 is 5.32 Å². The highest BCUT2D eigenvalue weighted by Crippen LogP contribution is 2.21. The fraction of sp³-hybridized carbons (Fsp3) is 0.231. The van der Waals surface area contributed by atoms with E-state index in [4.69, 9.17) is 0 Å². The first kappa shape index (κ1) is 13.7. The molecule has 1 heterocycles. The third kappa shape index (κ3) is 3.01. The van der Waals surface area contributed by atoms with E-state index in [9.17, 15) is 9.18 Å². The van der Waals surface area contributed by atoms with E-state index < -0.39 is 0 Å². The molecule has 100 valence electrons. The second kappa shape index (κ2) is 5.52. The number of rotatable bonds is 3. The summed E-state index contributed by atoms with van der Waals surface area (Å²) >= 11 is 3.18. The van der Waals surface area contributed by atoms with Crippen molar-refractivity contribution >= 4 is 27.5 Å². The summed E-state index contributed by atoms with van der Waals surface area (Å²) in [5.41, 5.74) is 1.87. The molecule has 0 unspecified atom stereocenters. The van der Waals surface area contributed by atoms with Gasteiger partial charge in [0.1, 0.15) is 5.82 Å². The zero-order valence-electron chi connectivity index (χ0n) is 10.6. The van der Waals surface area contributed by atoms with Crippen LogP contribution in [-0.4, -0.2) is 15.7 Å². The monoisotopic (exact) mass is 325 g/mol. The van der Waals surface area contributed by atoms with Crippen LogP contribution in [0.2, 0.25) is 0 Å². The molecule has 0 fully saturated rings. The van der Waals surface area contributed by atoms with Crippen molar-refractivity contribution in [2.24, 2.45) is 7.05 Å². The highest BCUT2D eigenvalue weighted by atomic mass is 79.9. The van der Waals surface area contributed by atoms with Gasteiger partial charge in [-0.25, -0.2) is 4.39 Å². The van der Waals surface area contributed by atoms with E-state index in [1.165, 1.54) is 18.2 Å². The van der Waals surface area contributed by atoms with Gasteiger partial charge in [0.25, 0.3) is 5.91 Å². The van der Waals surface area contributed by atoms with Gasteiger partial charge in [-0.15, -0.1) is 0 Å². The average Bonchev–Trinajstić information content (AvgIpc) is 2.69. The number of nitrogens with zero attached hydrogens (tertiary/aromatic N) is 2. The van der Waals surface area contributed by atoms with Crippen molar-refractivity contribution in [3.05, 3.63) is 45.9 Å². The van der Waals surface area contributed by atoms with E-state index in [-0.39, 0.29) is 11.7 Å². The van der Waals surface area contributed by atoms with Crippen LogP contribution in [0.25, 0.3) is 0 Å². The number of hydrogen-bond acceptors (Lipinski definition) is 2. The summed E-state index contributed by atoms with van der Waals surface area (Å²) in [7, 11) is 1.79. The van der Waals surface area contributed by atoms with Crippen LogP contribution in [0.15, 0.2) is 28.9 Å². The summed E-state index contributed by atoms with van der Waals surface area (Å²) in [4.78, 5) is 12.1. The Morgan fingerprint density at radius 3 is 2.89 bits per heavy atom. The summed E-state index contributed by atoms with van der Waals surface area (Å²) < 4.78 is 15.1. The minimum absolute atomic E-state index is 0.297. The van der Waals surface area contributed by atoms with Crippen LogP contribution in [0.5, 0.6) is 0 Å². The second-order valence-electron chi connectivity index (χ2n) is 4.09. The fourth-order valence-corrected chi connectivity index (χ4v) is 2.29. The van der Waals surface area contributed by atoms with Gasteiger partial charge in [-0.3, -0.25) is 9.48 Å². The van der Waals surface area contributed by atoms with E-state index >= 15 is 0 Å². The number of carbonyl (C=O) groups is 1. The molecule has 1 aromatic heterocycles. The highest BCUT2D eigenvalue weighted by molar-refractivity contribution is 9.10. The zero-order chi connectivity index (χ0) is 14.0. The first-order valence-corrected chi connectivity index (χ1v) is 6.59. The third-order valence-corrected chi connectivity index (χ3v) is 3.32. The Morgan fingerprint density at radius 2 is 2.26 bits per heavy atom. The Labute approximate surface area is 118 Å². The minimum atomic E-state index is -0.390. The molecule has 1 amide bonds. The van der Waals surface area contributed by atoms with Gasteiger partial charge >= 0.3 is 0 Å². The molecule has 0 spiro atoms. The number of aryl methyl sites for hydroxylation is 2. The molecule has 0 aliphatic heterocycles. The molecule has 4 nitrogen and oxygen atoms in total. The molecule has 2 aromatic rings. The van der Waals surface area contributed by atoms with Crippen LogP contribution >= 0.6 is 15.9 Å². The van der Waals surface area contributed by atoms with Crippen molar-refractivity contribution in [2.75, 3.05) is 5.32 Å². The Bertz CT molecular complexity index is 624. The van der Waals surface area contributed by atoms with Crippen LogP contribution in [0.3, 0.4) is 0 Å². The summed E-state index contributed by atoms with van der Waals surface area (Å²) in [5.74, 6) is -0.686. The number of benzene rings is 1. The smallest absolute Gasteiger partial charge is 0.256 e. The van der Waals surface area contributed by atoms with Crippen molar-refractivity contribution in [1.29, 1.82) is 0 Å². The lowest BCUT2D eigenvalue weighted by molar-refractivity contribution is 0.102. The van der Waals surface area contributed by atoms with Crippen molar-refractivity contribution < 1.29 is 9.18 Å². The first-order chi connectivity index (χ1) is 9.01. The predicted molar refractivity (Wildman–Crippen MR) is 74.6 cm³/mol. The van der Waals surface area contributed by atoms with Gasteiger partial charge in [-0.1, -0.05) is 6.92 Å². The molecular formula is C13H13BrFN3O. The molecular weight excluding hydrogens is 313 g/mol. The van der Waals surface area contributed by atoms with Crippen LogP contribution < -0.4 is 5.32 Å². The van der Waals surface area contributed by atoms with Gasteiger partial charge in [-0.05, 0) is 40.5 Å². The molecule has 1 N–H and O–H groups in total. The lowest BCUT2D eigenvalue weighted by Crippen LogP contribution is -2.13.